The minimum atomic E-state index is 0.116. The van der Waals surface area contributed by atoms with Gasteiger partial charge in [-0.25, -0.2) is 0 Å². The number of aromatic nitrogens is 1. The molecule has 2 aliphatic rings. The van der Waals surface area contributed by atoms with Crippen molar-refractivity contribution in [2.24, 2.45) is 0 Å². The largest absolute Gasteiger partial charge is 0.493 e. The minimum absolute atomic E-state index is 0.116. The summed E-state index contributed by atoms with van der Waals surface area (Å²) in [6, 6.07) is 5.17. The van der Waals surface area contributed by atoms with E-state index in [9.17, 15) is 0 Å². The summed E-state index contributed by atoms with van der Waals surface area (Å²) in [5.74, 6) is 1.41. The number of ether oxygens (including phenoxy) is 2. The quantitative estimate of drug-likeness (QED) is 0.642. The fourth-order valence-electron chi connectivity index (χ4n) is 4.72. The molecule has 0 amide bonds. The maximum atomic E-state index is 9.05. The van der Waals surface area contributed by atoms with Crippen LogP contribution in [0.25, 0.3) is 10.9 Å². The summed E-state index contributed by atoms with van der Waals surface area (Å²) in [6.07, 6.45) is 6.21. The van der Waals surface area contributed by atoms with Crippen molar-refractivity contribution in [2.45, 2.75) is 64.5 Å². The maximum Gasteiger partial charge on any atom is 0.163 e. The van der Waals surface area contributed by atoms with Crippen molar-refractivity contribution in [3.05, 3.63) is 23.4 Å². The third-order valence-corrected chi connectivity index (χ3v) is 6.47. The van der Waals surface area contributed by atoms with Crippen LogP contribution in [-0.2, 0) is 12.8 Å². The molecule has 1 aliphatic heterocycles. The third-order valence-electron chi connectivity index (χ3n) is 6.47. The SMILES string of the molecule is COc1cc2c(NC3CCN(C(C)C)CC3)c3c(nc2cc1OCCCO)CCC3. The van der Waals surface area contributed by atoms with Crippen molar-refractivity contribution in [2.75, 3.05) is 38.7 Å². The van der Waals surface area contributed by atoms with Gasteiger partial charge < -0.3 is 24.8 Å². The van der Waals surface area contributed by atoms with E-state index < -0.39 is 0 Å². The highest BCUT2D eigenvalue weighted by molar-refractivity contribution is 5.96. The number of likely N-dealkylation sites (tertiary alicyclic amines) is 1. The van der Waals surface area contributed by atoms with Crippen LogP contribution in [-0.4, -0.2) is 60.5 Å². The van der Waals surface area contributed by atoms with Gasteiger partial charge in [-0.2, -0.15) is 0 Å². The first-order valence-electron chi connectivity index (χ1n) is 11.4. The number of anilines is 1. The second-order valence-corrected chi connectivity index (χ2v) is 8.76. The summed E-state index contributed by atoms with van der Waals surface area (Å²) in [4.78, 5) is 7.54. The summed E-state index contributed by atoms with van der Waals surface area (Å²) < 4.78 is 11.5. The lowest BCUT2D eigenvalue weighted by Crippen LogP contribution is -2.42. The molecule has 0 spiro atoms. The van der Waals surface area contributed by atoms with E-state index in [0.717, 1.165) is 61.8 Å². The van der Waals surface area contributed by atoms with Crippen molar-refractivity contribution in [1.29, 1.82) is 0 Å². The van der Waals surface area contributed by atoms with Crippen molar-refractivity contribution in [1.82, 2.24) is 9.88 Å². The molecule has 2 aromatic rings. The van der Waals surface area contributed by atoms with Crippen LogP contribution in [0, 0.1) is 0 Å². The Morgan fingerprint density at radius 1 is 1.20 bits per heavy atom. The molecular weight excluding hydrogens is 378 g/mol. The summed E-state index contributed by atoms with van der Waals surface area (Å²) in [7, 11) is 1.68. The Hall–Kier alpha value is -2.05. The first kappa shape index (κ1) is 21.2. The lowest BCUT2D eigenvalue weighted by atomic mass is 10.0. The fraction of sp³-hybridized carbons (Fsp3) is 0.625. The number of aliphatic hydroxyl groups excluding tert-OH is 1. The molecule has 0 atom stereocenters. The molecule has 1 aromatic carbocycles. The Kier molecular flexibility index (Phi) is 6.64. The molecule has 2 N–H and O–H groups in total. The van der Waals surface area contributed by atoms with Crippen LogP contribution in [0.4, 0.5) is 5.69 Å². The van der Waals surface area contributed by atoms with Gasteiger partial charge in [0, 0.05) is 61.0 Å². The topological polar surface area (TPSA) is 66.9 Å². The summed E-state index contributed by atoms with van der Waals surface area (Å²) in [5, 5.41) is 14.1. The van der Waals surface area contributed by atoms with Gasteiger partial charge in [-0.3, -0.25) is 4.98 Å². The molecule has 2 heterocycles. The summed E-state index contributed by atoms with van der Waals surface area (Å²) in [5.41, 5.74) is 4.80. The van der Waals surface area contributed by atoms with Gasteiger partial charge in [0.25, 0.3) is 0 Å². The van der Waals surface area contributed by atoms with Gasteiger partial charge in [-0.05, 0) is 57.6 Å². The zero-order chi connectivity index (χ0) is 21.1. The molecule has 0 unspecified atom stereocenters. The average Bonchev–Trinajstić information content (AvgIpc) is 3.22. The van der Waals surface area contributed by atoms with Gasteiger partial charge in [0.2, 0.25) is 0 Å². The second-order valence-electron chi connectivity index (χ2n) is 8.76. The van der Waals surface area contributed by atoms with E-state index in [4.69, 9.17) is 19.6 Å². The Bertz CT molecular complexity index is 876. The zero-order valence-corrected chi connectivity index (χ0v) is 18.5. The average molecular weight is 414 g/mol. The molecule has 30 heavy (non-hydrogen) atoms. The number of pyridine rings is 1. The monoisotopic (exact) mass is 413 g/mol. The van der Waals surface area contributed by atoms with Crippen LogP contribution in [0.5, 0.6) is 11.5 Å². The molecule has 6 heteroatoms. The molecule has 6 nitrogen and oxygen atoms in total. The van der Waals surface area contributed by atoms with E-state index in [2.05, 4.69) is 30.1 Å². The minimum Gasteiger partial charge on any atom is -0.493 e. The summed E-state index contributed by atoms with van der Waals surface area (Å²) >= 11 is 0. The van der Waals surface area contributed by atoms with E-state index in [0.29, 0.717) is 30.9 Å². The van der Waals surface area contributed by atoms with Crippen LogP contribution < -0.4 is 14.8 Å². The van der Waals surface area contributed by atoms with Gasteiger partial charge in [0.05, 0.1) is 19.2 Å². The van der Waals surface area contributed by atoms with Crippen LogP contribution in [0.15, 0.2) is 12.1 Å². The van der Waals surface area contributed by atoms with Crippen molar-refractivity contribution in [3.63, 3.8) is 0 Å². The van der Waals surface area contributed by atoms with Crippen LogP contribution in [0.1, 0.15) is 50.8 Å². The Balaban J connectivity index is 1.66. The molecule has 4 rings (SSSR count). The lowest BCUT2D eigenvalue weighted by molar-refractivity contribution is 0.177. The third kappa shape index (κ3) is 4.35. The van der Waals surface area contributed by atoms with Gasteiger partial charge in [0.1, 0.15) is 0 Å². The smallest absolute Gasteiger partial charge is 0.163 e. The lowest BCUT2D eigenvalue weighted by Gasteiger charge is -2.35. The molecule has 0 radical (unpaired) electrons. The van der Waals surface area contributed by atoms with E-state index in [1.165, 1.54) is 16.9 Å². The number of piperidine rings is 1. The number of fused-ring (bicyclic) bond motifs is 2. The highest BCUT2D eigenvalue weighted by Crippen LogP contribution is 2.40. The molecule has 0 bridgehead atoms. The number of hydrogen-bond acceptors (Lipinski definition) is 6. The number of methoxy groups -OCH3 is 1. The number of nitrogens with zero attached hydrogens (tertiary/aromatic N) is 2. The molecule has 164 valence electrons. The first-order valence-corrected chi connectivity index (χ1v) is 11.4. The highest BCUT2D eigenvalue weighted by atomic mass is 16.5. The zero-order valence-electron chi connectivity index (χ0n) is 18.5. The van der Waals surface area contributed by atoms with E-state index in [1.54, 1.807) is 7.11 Å². The Labute approximate surface area is 179 Å². The van der Waals surface area contributed by atoms with Crippen LogP contribution in [0.3, 0.4) is 0 Å². The van der Waals surface area contributed by atoms with Crippen molar-refractivity contribution >= 4 is 16.6 Å². The number of nitrogens with one attached hydrogen (secondary N) is 1. The molecule has 0 saturated carbocycles. The number of benzene rings is 1. The standard InChI is InChI=1S/C24H35N3O3/c1-16(2)27-10-8-17(9-11-27)25-24-18-6-4-7-20(18)26-21-15-23(30-13-5-12-28)22(29-3)14-19(21)24/h14-17,28H,4-13H2,1-3H3,(H,25,26). The van der Waals surface area contributed by atoms with E-state index in [-0.39, 0.29) is 6.61 Å². The van der Waals surface area contributed by atoms with Gasteiger partial charge in [-0.1, -0.05) is 0 Å². The normalized spacial score (nSPS) is 17.5. The maximum absolute atomic E-state index is 9.05. The number of hydrogen-bond donors (Lipinski definition) is 2. The summed E-state index contributed by atoms with van der Waals surface area (Å²) in [6.45, 7) is 7.43. The molecule has 1 aliphatic carbocycles. The number of aliphatic hydroxyl groups is 1. The Morgan fingerprint density at radius 3 is 2.70 bits per heavy atom. The van der Waals surface area contributed by atoms with Crippen molar-refractivity contribution < 1.29 is 14.6 Å². The predicted molar refractivity (Wildman–Crippen MR) is 121 cm³/mol. The molecule has 1 saturated heterocycles. The first-order chi connectivity index (χ1) is 14.6. The van der Waals surface area contributed by atoms with Gasteiger partial charge in [-0.15, -0.1) is 0 Å². The Morgan fingerprint density at radius 2 is 2.00 bits per heavy atom. The van der Waals surface area contributed by atoms with Gasteiger partial charge in [0.15, 0.2) is 11.5 Å². The molecule has 1 aromatic heterocycles. The number of aryl methyl sites for hydroxylation is 1. The number of rotatable bonds is 8. The van der Waals surface area contributed by atoms with E-state index in [1.807, 2.05) is 6.07 Å². The van der Waals surface area contributed by atoms with Crippen LogP contribution in [0.2, 0.25) is 0 Å². The molecular formula is C24H35N3O3. The van der Waals surface area contributed by atoms with Crippen LogP contribution >= 0.6 is 0 Å². The molecule has 1 fully saturated rings. The predicted octanol–water partition coefficient (Wildman–Crippen LogP) is 3.78. The second kappa shape index (κ2) is 9.40. The fourth-order valence-corrected chi connectivity index (χ4v) is 4.72. The van der Waals surface area contributed by atoms with Crippen molar-refractivity contribution in [3.8, 4) is 11.5 Å². The van der Waals surface area contributed by atoms with E-state index >= 15 is 0 Å². The van der Waals surface area contributed by atoms with Gasteiger partial charge >= 0.3 is 0 Å². The highest BCUT2D eigenvalue weighted by Gasteiger charge is 2.25.